The zero-order valence-electron chi connectivity index (χ0n) is 16.5. The van der Waals surface area contributed by atoms with Gasteiger partial charge in [0.05, 0.1) is 32.3 Å². The van der Waals surface area contributed by atoms with E-state index in [0.29, 0.717) is 0 Å². The normalized spacial score (nSPS) is 11.7. The number of carbonyl (C=O) groups excluding carboxylic acids is 2. The molecule has 1 amide bonds. The summed E-state index contributed by atoms with van der Waals surface area (Å²) in [6, 6.07) is 7.47. The first-order chi connectivity index (χ1) is 14.2. The number of thiazole rings is 1. The Balaban J connectivity index is 2.17. The average molecular weight is 448 g/mol. The van der Waals surface area contributed by atoms with Crippen LogP contribution >= 0.6 is 22.9 Å². The minimum Gasteiger partial charge on any atom is -0.465 e. The number of aryl methyl sites for hydroxylation is 2. The molecule has 30 heavy (non-hydrogen) atoms. The van der Waals surface area contributed by atoms with Crippen molar-refractivity contribution in [2.45, 2.75) is 27.3 Å². The molecule has 0 N–H and O–H groups in total. The van der Waals surface area contributed by atoms with Crippen LogP contribution in [0.3, 0.4) is 0 Å². The van der Waals surface area contributed by atoms with E-state index >= 15 is 0 Å². The fourth-order valence-electron chi connectivity index (χ4n) is 2.83. The lowest BCUT2D eigenvalue weighted by Crippen LogP contribution is -2.23. The molecule has 2 aromatic carbocycles. The zero-order chi connectivity index (χ0) is 22.0. The number of benzene rings is 2. The highest BCUT2D eigenvalue weighted by atomic mass is 35.5. The third-order valence-corrected chi connectivity index (χ3v) is 5.85. The summed E-state index contributed by atoms with van der Waals surface area (Å²) in [5.74, 6) is -1.20. The topological polar surface area (TPSA) is 104 Å². The third-order valence-electron chi connectivity index (χ3n) is 4.48. The van der Waals surface area contributed by atoms with E-state index in [-0.39, 0.29) is 34.2 Å². The molecule has 0 saturated heterocycles. The van der Waals surface area contributed by atoms with Gasteiger partial charge in [0.25, 0.3) is 11.6 Å². The van der Waals surface area contributed by atoms with Gasteiger partial charge in [-0.2, -0.15) is 4.99 Å². The van der Waals surface area contributed by atoms with Crippen LogP contribution in [0.5, 0.6) is 0 Å². The van der Waals surface area contributed by atoms with Crippen LogP contribution in [0.25, 0.3) is 10.2 Å². The molecule has 0 spiro atoms. The summed E-state index contributed by atoms with van der Waals surface area (Å²) in [5.41, 5.74) is 2.48. The number of fused-ring (bicyclic) bond motifs is 1. The van der Waals surface area contributed by atoms with Crippen molar-refractivity contribution in [2.75, 3.05) is 6.61 Å². The summed E-state index contributed by atoms with van der Waals surface area (Å²) in [6.07, 6.45) is 0. The Hall–Kier alpha value is -3.04. The Kier molecular flexibility index (Phi) is 6.33. The third kappa shape index (κ3) is 4.42. The van der Waals surface area contributed by atoms with Crippen LogP contribution in [-0.4, -0.2) is 28.0 Å². The van der Waals surface area contributed by atoms with Crippen molar-refractivity contribution in [3.05, 3.63) is 67.0 Å². The second-order valence-electron chi connectivity index (χ2n) is 6.52. The van der Waals surface area contributed by atoms with Gasteiger partial charge < -0.3 is 9.30 Å². The second-order valence-corrected chi connectivity index (χ2v) is 7.93. The SMILES string of the molecule is CCOC(=O)Cn1c(=NC(=O)c2cc([N+](=O)[O-])ccc2Cl)sc2cc(C)c(C)cc21. The fourth-order valence-corrected chi connectivity index (χ4v) is 4.14. The van der Waals surface area contributed by atoms with Crippen molar-refractivity contribution >= 4 is 50.7 Å². The van der Waals surface area contributed by atoms with E-state index in [2.05, 4.69) is 4.99 Å². The number of halogens is 1. The molecule has 0 aliphatic carbocycles. The van der Waals surface area contributed by atoms with Crippen molar-refractivity contribution in [3.8, 4) is 0 Å². The first-order valence-electron chi connectivity index (χ1n) is 9.00. The first kappa shape index (κ1) is 21.7. The number of aromatic nitrogens is 1. The van der Waals surface area contributed by atoms with E-state index in [1.54, 1.807) is 11.5 Å². The van der Waals surface area contributed by atoms with Gasteiger partial charge in [-0.1, -0.05) is 22.9 Å². The standard InChI is InChI=1S/C20H18ClN3O5S/c1-4-29-18(25)10-23-16-7-11(2)12(3)8-17(16)30-20(23)22-19(26)14-9-13(24(27)28)5-6-15(14)21/h5-9H,4,10H2,1-3H3. The molecule has 0 aliphatic rings. The number of hydrogen-bond acceptors (Lipinski definition) is 6. The number of nitro benzene ring substituents is 1. The highest BCUT2D eigenvalue weighted by Gasteiger charge is 2.18. The Labute approximate surface area is 180 Å². The molecule has 0 saturated carbocycles. The van der Waals surface area contributed by atoms with E-state index in [1.165, 1.54) is 23.5 Å². The number of nitrogens with zero attached hydrogens (tertiary/aromatic N) is 3. The molecular formula is C20H18ClN3O5S. The maximum absolute atomic E-state index is 12.8. The van der Waals surface area contributed by atoms with Gasteiger partial charge in [-0.3, -0.25) is 19.7 Å². The summed E-state index contributed by atoms with van der Waals surface area (Å²) < 4.78 is 7.50. The Morgan fingerprint density at radius 1 is 1.23 bits per heavy atom. The lowest BCUT2D eigenvalue weighted by Gasteiger charge is -2.06. The van der Waals surface area contributed by atoms with Crippen molar-refractivity contribution in [1.29, 1.82) is 0 Å². The molecule has 1 aromatic heterocycles. The van der Waals surface area contributed by atoms with Crippen molar-refractivity contribution in [2.24, 2.45) is 4.99 Å². The maximum Gasteiger partial charge on any atom is 0.326 e. The van der Waals surface area contributed by atoms with Crippen LogP contribution in [-0.2, 0) is 16.1 Å². The highest BCUT2D eigenvalue weighted by molar-refractivity contribution is 7.16. The Morgan fingerprint density at radius 3 is 2.60 bits per heavy atom. The number of carbonyl (C=O) groups is 2. The van der Waals surface area contributed by atoms with Gasteiger partial charge in [-0.05, 0) is 50.1 Å². The number of hydrogen-bond donors (Lipinski definition) is 0. The van der Waals surface area contributed by atoms with Crippen LogP contribution in [0.1, 0.15) is 28.4 Å². The van der Waals surface area contributed by atoms with Crippen LogP contribution in [0.4, 0.5) is 5.69 Å². The molecule has 0 aliphatic heterocycles. The summed E-state index contributed by atoms with van der Waals surface area (Å²) in [7, 11) is 0. The van der Waals surface area contributed by atoms with Gasteiger partial charge in [-0.25, -0.2) is 0 Å². The molecule has 3 aromatic rings. The average Bonchev–Trinajstić information content (AvgIpc) is 2.98. The van der Waals surface area contributed by atoms with Gasteiger partial charge in [0.2, 0.25) is 0 Å². The molecule has 0 bridgehead atoms. The van der Waals surface area contributed by atoms with Gasteiger partial charge in [-0.15, -0.1) is 0 Å². The molecule has 1 heterocycles. The van der Waals surface area contributed by atoms with E-state index in [9.17, 15) is 19.7 Å². The number of amides is 1. The summed E-state index contributed by atoms with van der Waals surface area (Å²) in [4.78, 5) is 39.7. The lowest BCUT2D eigenvalue weighted by atomic mass is 10.1. The first-order valence-corrected chi connectivity index (χ1v) is 10.2. The lowest BCUT2D eigenvalue weighted by molar-refractivity contribution is -0.384. The fraction of sp³-hybridized carbons (Fsp3) is 0.250. The van der Waals surface area contributed by atoms with Crippen molar-refractivity contribution < 1.29 is 19.2 Å². The zero-order valence-corrected chi connectivity index (χ0v) is 18.0. The van der Waals surface area contributed by atoms with Gasteiger partial charge >= 0.3 is 5.97 Å². The van der Waals surface area contributed by atoms with Crippen LogP contribution < -0.4 is 4.80 Å². The maximum atomic E-state index is 12.8. The van der Waals surface area contributed by atoms with Gasteiger partial charge in [0.1, 0.15) is 6.54 Å². The predicted octanol–water partition coefficient (Wildman–Crippen LogP) is 4.19. The molecule has 156 valence electrons. The van der Waals surface area contributed by atoms with Gasteiger partial charge in [0.15, 0.2) is 4.80 Å². The van der Waals surface area contributed by atoms with Crippen LogP contribution in [0, 0.1) is 24.0 Å². The molecular weight excluding hydrogens is 430 g/mol. The molecule has 0 fully saturated rings. The summed E-state index contributed by atoms with van der Waals surface area (Å²) in [6.45, 7) is 5.74. The van der Waals surface area contributed by atoms with Gasteiger partial charge in [0, 0.05) is 12.1 Å². The molecule has 0 unspecified atom stereocenters. The minimum absolute atomic E-state index is 0.0547. The largest absolute Gasteiger partial charge is 0.465 e. The number of rotatable bonds is 5. The van der Waals surface area contributed by atoms with Crippen molar-refractivity contribution in [1.82, 2.24) is 4.57 Å². The number of non-ortho nitro benzene ring substituents is 1. The number of ether oxygens (including phenoxy) is 1. The Bertz CT molecular complexity index is 1250. The van der Waals surface area contributed by atoms with E-state index in [4.69, 9.17) is 16.3 Å². The van der Waals surface area contributed by atoms with E-state index in [1.807, 2.05) is 26.0 Å². The Morgan fingerprint density at radius 2 is 1.93 bits per heavy atom. The number of nitro groups is 1. The highest BCUT2D eigenvalue weighted by Crippen LogP contribution is 2.24. The van der Waals surface area contributed by atoms with Crippen LogP contribution in [0.2, 0.25) is 5.02 Å². The molecule has 8 nitrogen and oxygen atoms in total. The van der Waals surface area contributed by atoms with E-state index in [0.717, 1.165) is 27.4 Å². The quantitative estimate of drug-likeness (QED) is 0.331. The summed E-state index contributed by atoms with van der Waals surface area (Å²) >= 11 is 7.30. The molecule has 10 heteroatoms. The van der Waals surface area contributed by atoms with Crippen LogP contribution in [0.15, 0.2) is 35.3 Å². The molecule has 0 atom stereocenters. The minimum atomic E-state index is -0.735. The smallest absolute Gasteiger partial charge is 0.326 e. The molecule has 3 rings (SSSR count). The summed E-state index contributed by atoms with van der Waals surface area (Å²) in [5, 5.41) is 11.1. The number of esters is 1. The monoisotopic (exact) mass is 447 g/mol. The van der Waals surface area contributed by atoms with Crippen molar-refractivity contribution in [3.63, 3.8) is 0 Å². The molecule has 0 radical (unpaired) electrons. The predicted molar refractivity (Wildman–Crippen MR) is 114 cm³/mol. The second kappa shape index (κ2) is 8.76. The van der Waals surface area contributed by atoms with E-state index < -0.39 is 16.8 Å².